The second-order valence-electron chi connectivity index (χ2n) is 9.27. The summed E-state index contributed by atoms with van der Waals surface area (Å²) in [5, 5.41) is 9.95. The number of nitriles is 1. The molecular formula is C28H26N4O4S2. The molecule has 4 aromatic rings. The molecule has 0 bridgehead atoms. The number of primary amides is 1. The van der Waals surface area contributed by atoms with Gasteiger partial charge in [0.05, 0.1) is 38.9 Å². The number of aromatic nitrogens is 1. The van der Waals surface area contributed by atoms with Crippen LogP contribution in [0.25, 0.3) is 10.2 Å². The fraction of sp³-hybridized carbons (Fsp3) is 0.250. The lowest BCUT2D eigenvalue weighted by Crippen LogP contribution is -2.31. The Balaban J connectivity index is 1.46. The number of sulfonamides is 1. The maximum absolute atomic E-state index is 13.7. The first-order valence-corrected chi connectivity index (χ1v) is 14.5. The molecule has 1 amide bonds. The molecular weight excluding hydrogens is 520 g/mol. The summed E-state index contributed by atoms with van der Waals surface area (Å²) in [4.78, 5) is 16.5. The van der Waals surface area contributed by atoms with Gasteiger partial charge >= 0.3 is 0 Å². The normalized spacial score (nSPS) is 18.6. The van der Waals surface area contributed by atoms with Crippen molar-refractivity contribution in [1.82, 2.24) is 9.71 Å². The number of thiazole rings is 1. The quantitative estimate of drug-likeness (QED) is 0.337. The molecule has 1 aliphatic heterocycles. The van der Waals surface area contributed by atoms with E-state index in [1.807, 2.05) is 30.3 Å². The molecule has 3 aromatic carbocycles. The Morgan fingerprint density at radius 2 is 1.97 bits per heavy atom. The Morgan fingerprint density at radius 1 is 1.16 bits per heavy atom. The second-order valence-corrected chi connectivity index (χ2v) is 12.0. The summed E-state index contributed by atoms with van der Waals surface area (Å²) in [5.74, 6) is -0.678. The number of hydrogen-bond acceptors (Lipinski definition) is 7. The predicted molar refractivity (Wildman–Crippen MR) is 145 cm³/mol. The van der Waals surface area contributed by atoms with Gasteiger partial charge in [0.15, 0.2) is 0 Å². The highest BCUT2D eigenvalue weighted by Gasteiger charge is 2.29. The number of ether oxygens (including phenoxy) is 1. The van der Waals surface area contributed by atoms with Gasteiger partial charge in [0, 0.05) is 12.5 Å². The van der Waals surface area contributed by atoms with Crippen LogP contribution < -0.4 is 10.5 Å². The number of nitrogens with two attached hydrogens (primary N) is 1. The lowest BCUT2D eigenvalue weighted by molar-refractivity contribution is -0.126. The highest BCUT2D eigenvalue weighted by Crippen LogP contribution is 2.33. The second kappa shape index (κ2) is 11.0. The van der Waals surface area contributed by atoms with Crippen LogP contribution in [0.4, 0.5) is 0 Å². The molecule has 38 heavy (non-hydrogen) atoms. The molecule has 1 fully saturated rings. The first-order valence-electron chi connectivity index (χ1n) is 12.2. The summed E-state index contributed by atoms with van der Waals surface area (Å²) >= 11 is 1.43. The van der Waals surface area contributed by atoms with Crippen LogP contribution in [-0.4, -0.2) is 25.9 Å². The minimum atomic E-state index is -3.97. The van der Waals surface area contributed by atoms with E-state index in [4.69, 9.17) is 15.5 Å². The largest absolute Gasteiger partial charge is 0.373 e. The number of fused-ring (bicyclic) bond motifs is 1. The van der Waals surface area contributed by atoms with E-state index in [2.05, 4.69) is 10.8 Å². The molecule has 1 aromatic heterocycles. The molecule has 1 aliphatic rings. The van der Waals surface area contributed by atoms with Crippen LogP contribution in [0.5, 0.6) is 0 Å². The molecule has 8 nitrogen and oxygen atoms in total. The van der Waals surface area contributed by atoms with Gasteiger partial charge in [-0.25, -0.2) is 18.1 Å². The van der Waals surface area contributed by atoms with E-state index in [0.29, 0.717) is 42.0 Å². The number of rotatable bonds is 8. The summed E-state index contributed by atoms with van der Waals surface area (Å²) in [6.07, 6.45) is 0.878. The summed E-state index contributed by atoms with van der Waals surface area (Å²) in [5.41, 5.74) is 8.30. The van der Waals surface area contributed by atoms with E-state index in [0.717, 1.165) is 15.8 Å². The van der Waals surface area contributed by atoms with Crippen LogP contribution in [0.2, 0.25) is 0 Å². The Kier molecular flexibility index (Phi) is 7.53. The summed E-state index contributed by atoms with van der Waals surface area (Å²) in [6.45, 7) is 0.384. The smallest absolute Gasteiger partial charge is 0.241 e. The van der Waals surface area contributed by atoms with Gasteiger partial charge in [-0.2, -0.15) is 5.26 Å². The number of amides is 1. The maximum Gasteiger partial charge on any atom is 0.241 e. The molecule has 5 rings (SSSR count). The lowest BCUT2D eigenvalue weighted by Gasteiger charge is -2.28. The Hall–Kier alpha value is -3.62. The van der Waals surface area contributed by atoms with Crippen molar-refractivity contribution in [1.29, 1.82) is 5.26 Å². The molecule has 0 saturated carbocycles. The molecule has 10 heteroatoms. The molecule has 3 N–H and O–H groups in total. The lowest BCUT2D eigenvalue weighted by atomic mass is 9.91. The van der Waals surface area contributed by atoms with Crippen LogP contribution in [0.15, 0.2) is 77.7 Å². The SMILES string of the molecule is N#Cc1cccc(CC(NS(=O)(=O)c2cccc(C3CC(C(N)=O)CCO3)c2)c2nc3ccccc3s2)c1. The number of nitrogens with zero attached hydrogens (tertiary/aromatic N) is 2. The van der Waals surface area contributed by atoms with Crippen LogP contribution in [0.3, 0.4) is 0 Å². The zero-order chi connectivity index (χ0) is 26.7. The van der Waals surface area contributed by atoms with Crippen LogP contribution >= 0.6 is 11.3 Å². The third kappa shape index (κ3) is 5.76. The van der Waals surface area contributed by atoms with Crippen LogP contribution in [0, 0.1) is 17.2 Å². The third-order valence-electron chi connectivity index (χ3n) is 6.63. The van der Waals surface area contributed by atoms with Crippen LogP contribution in [-0.2, 0) is 26.0 Å². The first kappa shape index (κ1) is 26.0. The Bertz CT molecular complexity index is 1590. The van der Waals surface area contributed by atoms with E-state index in [9.17, 15) is 18.5 Å². The van der Waals surface area contributed by atoms with Gasteiger partial charge in [-0.3, -0.25) is 4.79 Å². The van der Waals surface area contributed by atoms with E-state index >= 15 is 0 Å². The Morgan fingerprint density at radius 3 is 2.76 bits per heavy atom. The topological polar surface area (TPSA) is 135 Å². The maximum atomic E-state index is 13.7. The van der Waals surface area contributed by atoms with E-state index < -0.39 is 22.2 Å². The van der Waals surface area contributed by atoms with Crippen molar-refractivity contribution in [2.45, 2.75) is 36.3 Å². The van der Waals surface area contributed by atoms with Gasteiger partial charge in [-0.1, -0.05) is 36.4 Å². The van der Waals surface area contributed by atoms with E-state index in [1.165, 1.54) is 17.4 Å². The van der Waals surface area contributed by atoms with Gasteiger partial charge in [-0.15, -0.1) is 11.3 Å². The highest BCUT2D eigenvalue weighted by atomic mass is 32.2. The number of hydrogen-bond donors (Lipinski definition) is 2. The van der Waals surface area contributed by atoms with Gasteiger partial charge in [0.25, 0.3) is 0 Å². The van der Waals surface area contributed by atoms with E-state index in [-0.39, 0.29) is 16.7 Å². The summed E-state index contributed by atoms with van der Waals surface area (Å²) < 4.78 is 36.9. The molecule has 0 aliphatic carbocycles. The highest BCUT2D eigenvalue weighted by molar-refractivity contribution is 7.89. The minimum absolute atomic E-state index is 0.0942. The molecule has 0 spiro atoms. The van der Waals surface area contributed by atoms with Crippen molar-refractivity contribution in [3.63, 3.8) is 0 Å². The fourth-order valence-corrected chi connectivity index (χ4v) is 6.99. The van der Waals surface area contributed by atoms with Crippen LogP contribution in [0.1, 0.15) is 46.7 Å². The molecule has 3 unspecified atom stereocenters. The zero-order valence-corrected chi connectivity index (χ0v) is 22.0. The number of carbonyl (C=O) groups excluding carboxylic acids is 1. The standard InChI is InChI=1S/C28H26N4O4S2/c29-17-19-6-3-5-18(13-19)14-24(28-31-23-9-1-2-10-26(23)37-28)32-38(34,35)22-8-4-7-20(15-22)25-16-21(27(30)33)11-12-36-25/h1-10,13,15,21,24-25,32H,11-12,14,16H2,(H2,30,33). The average molecular weight is 547 g/mol. The molecule has 1 saturated heterocycles. The minimum Gasteiger partial charge on any atom is -0.373 e. The monoisotopic (exact) mass is 546 g/mol. The average Bonchev–Trinajstić information content (AvgIpc) is 3.37. The van der Waals surface area contributed by atoms with Gasteiger partial charge in [0.2, 0.25) is 15.9 Å². The zero-order valence-electron chi connectivity index (χ0n) is 20.4. The fourth-order valence-electron chi connectivity index (χ4n) is 4.65. The van der Waals surface area contributed by atoms with Gasteiger partial charge < -0.3 is 10.5 Å². The van der Waals surface area contributed by atoms with Gasteiger partial charge in [0.1, 0.15) is 5.01 Å². The number of nitrogens with one attached hydrogen (secondary N) is 1. The van der Waals surface area contributed by atoms with Crippen molar-refractivity contribution in [3.05, 3.63) is 94.5 Å². The van der Waals surface area contributed by atoms with E-state index in [1.54, 1.807) is 36.4 Å². The summed E-state index contributed by atoms with van der Waals surface area (Å²) in [6, 6.07) is 22.8. The van der Waals surface area contributed by atoms with Crippen molar-refractivity contribution >= 4 is 37.5 Å². The molecule has 3 atom stereocenters. The third-order valence-corrected chi connectivity index (χ3v) is 9.25. The number of benzene rings is 3. The first-order chi connectivity index (χ1) is 18.3. The van der Waals surface area contributed by atoms with Crippen molar-refractivity contribution < 1.29 is 17.9 Å². The molecule has 194 valence electrons. The number of carbonyl (C=O) groups is 1. The summed E-state index contributed by atoms with van der Waals surface area (Å²) in [7, 11) is -3.97. The number of para-hydroxylation sites is 1. The van der Waals surface area contributed by atoms with Crippen molar-refractivity contribution in [3.8, 4) is 6.07 Å². The van der Waals surface area contributed by atoms with Crippen molar-refractivity contribution in [2.24, 2.45) is 11.7 Å². The van der Waals surface area contributed by atoms with Crippen molar-refractivity contribution in [2.75, 3.05) is 6.61 Å². The molecule has 2 heterocycles. The Labute approximate surface area is 225 Å². The predicted octanol–water partition coefficient (Wildman–Crippen LogP) is 4.38. The molecule has 0 radical (unpaired) electrons. The van der Waals surface area contributed by atoms with Gasteiger partial charge in [-0.05, 0) is 66.8 Å².